The maximum Gasteiger partial charge on any atom is 0.232 e. The van der Waals surface area contributed by atoms with Gasteiger partial charge in [-0.15, -0.1) is 0 Å². The van der Waals surface area contributed by atoms with Gasteiger partial charge in [-0.25, -0.2) is 8.42 Å². The first-order chi connectivity index (χ1) is 14.7. The fraction of sp³-hybridized carbons (Fsp3) is 0.435. The molecule has 1 N–H and O–H groups in total. The Kier molecular flexibility index (Phi) is 8.74. The van der Waals surface area contributed by atoms with Crippen molar-refractivity contribution in [2.24, 2.45) is 0 Å². The van der Waals surface area contributed by atoms with Crippen LogP contribution in [0.25, 0.3) is 0 Å². The van der Waals surface area contributed by atoms with E-state index in [9.17, 15) is 13.2 Å². The van der Waals surface area contributed by atoms with Gasteiger partial charge >= 0.3 is 0 Å². The molecule has 2 aromatic rings. The number of nitrogens with zero attached hydrogens (tertiary/aromatic N) is 1. The second-order valence-electron chi connectivity index (χ2n) is 7.40. The first-order valence-corrected chi connectivity index (χ1v) is 12.1. The van der Waals surface area contributed by atoms with E-state index in [0.717, 1.165) is 29.6 Å². The molecule has 31 heavy (non-hydrogen) atoms. The van der Waals surface area contributed by atoms with Gasteiger partial charge in [0, 0.05) is 19.0 Å². The molecular weight excluding hydrogens is 416 g/mol. The number of hydrogen-bond donors (Lipinski definition) is 1. The molecule has 170 valence electrons. The van der Waals surface area contributed by atoms with E-state index in [-0.39, 0.29) is 24.9 Å². The van der Waals surface area contributed by atoms with Crippen molar-refractivity contribution in [1.29, 1.82) is 0 Å². The zero-order valence-corrected chi connectivity index (χ0v) is 19.7. The molecule has 2 rings (SSSR count). The summed E-state index contributed by atoms with van der Waals surface area (Å²) in [7, 11) is -0.327. The van der Waals surface area contributed by atoms with Gasteiger partial charge in [-0.3, -0.25) is 9.10 Å². The molecule has 1 amide bonds. The Morgan fingerprint density at radius 3 is 2.45 bits per heavy atom. The van der Waals surface area contributed by atoms with Crippen molar-refractivity contribution in [2.75, 3.05) is 31.3 Å². The number of anilines is 1. The van der Waals surface area contributed by atoms with Crippen molar-refractivity contribution in [3.63, 3.8) is 0 Å². The van der Waals surface area contributed by atoms with Crippen LogP contribution < -0.4 is 19.1 Å². The van der Waals surface area contributed by atoms with Crippen LogP contribution in [0, 0.1) is 6.92 Å². The summed E-state index contributed by atoms with van der Waals surface area (Å²) in [6, 6.07) is 12.6. The van der Waals surface area contributed by atoms with Crippen molar-refractivity contribution >= 4 is 21.6 Å². The Bertz CT molecular complexity index is 991. The molecule has 0 aliphatic heterocycles. The van der Waals surface area contributed by atoms with E-state index in [0.29, 0.717) is 17.9 Å². The first-order valence-electron chi connectivity index (χ1n) is 10.2. The average molecular weight is 449 g/mol. The highest BCUT2D eigenvalue weighted by Gasteiger charge is 2.19. The summed E-state index contributed by atoms with van der Waals surface area (Å²) in [6.07, 6.45) is 2.53. The Hall–Kier alpha value is -2.74. The van der Waals surface area contributed by atoms with Crippen LogP contribution >= 0.6 is 0 Å². The lowest BCUT2D eigenvalue weighted by Crippen LogP contribution is -2.33. The van der Waals surface area contributed by atoms with E-state index in [2.05, 4.69) is 5.32 Å². The molecular formula is C23H32N2O5S. The summed E-state index contributed by atoms with van der Waals surface area (Å²) < 4.78 is 36.3. The minimum atomic E-state index is -3.49. The highest BCUT2D eigenvalue weighted by Crippen LogP contribution is 2.25. The SMILES string of the molecule is CCC(NC(=O)CCCN(c1cccc(OC)c1)S(C)(=O)=O)c1ccc(OC)c(C)c1. The van der Waals surface area contributed by atoms with Crippen molar-refractivity contribution < 1.29 is 22.7 Å². The zero-order chi connectivity index (χ0) is 23.0. The molecule has 0 bridgehead atoms. The molecule has 0 aromatic heterocycles. The Balaban J connectivity index is 2.00. The first kappa shape index (κ1) is 24.5. The minimum absolute atomic E-state index is 0.110. The minimum Gasteiger partial charge on any atom is -0.497 e. The number of amides is 1. The van der Waals surface area contributed by atoms with E-state index >= 15 is 0 Å². The number of benzene rings is 2. The predicted molar refractivity (Wildman–Crippen MR) is 123 cm³/mol. The van der Waals surface area contributed by atoms with Crippen LogP contribution in [0.2, 0.25) is 0 Å². The number of aryl methyl sites for hydroxylation is 1. The van der Waals surface area contributed by atoms with E-state index in [1.807, 2.05) is 32.0 Å². The van der Waals surface area contributed by atoms with Gasteiger partial charge in [-0.1, -0.05) is 25.1 Å². The molecule has 0 fully saturated rings. The van der Waals surface area contributed by atoms with Crippen molar-refractivity contribution in [2.45, 2.75) is 39.2 Å². The molecule has 0 radical (unpaired) electrons. The third-order valence-corrected chi connectivity index (χ3v) is 6.27. The number of carbonyl (C=O) groups is 1. The number of methoxy groups -OCH3 is 2. The highest BCUT2D eigenvalue weighted by atomic mass is 32.2. The summed E-state index contributed by atoms with van der Waals surface area (Å²) in [6.45, 7) is 4.19. The number of hydrogen-bond acceptors (Lipinski definition) is 5. The highest BCUT2D eigenvalue weighted by molar-refractivity contribution is 7.92. The maximum absolute atomic E-state index is 12.5. The fourth-order valence-corrected chi connectivity index (χ4v) is 4.40. The predicted octanol–water partition coefficient (Wildman–Crippen LogP) is 3.83. The van der Waals surface area contributed by atoms with Crippen LogP contribution in [-0.2, 0) is 14.8 Å². The molecule has 7 nitrogen and oxygen atoms in total. The van der Waals surface area contributed by atoms with Crippen molar-refractivity contribution in [3.05, 3.63) is 53.6 Å². The number of carbonyl (C=O) groups excluding carboxylic acids is 1. The number of rotatable bonds is 11. The third kappa shape index (κ3) is 6.89. The summed E-state index contributed by atoms with van der Waals surface area (Å²) in [5.74, 6) is 1.27. The van der Waals surface area contributed by atoms with E-state index in [4.69, 9.17) is 9.47 Å². The summed E-state index contributed by atoms with van der Waals surface area (Å²) in [5, 5.41) is 3.05. The molecule has 0 heterocycles. The number of sulfonamides is 1. The molecule has 0 aliphatic carbocycles. The largest absolute Gasteiger partial charge is 0.497 e. The van der Waals surface area contributed by atoms with Crippen LogP contribution in [0.5, 0.6) is 11.5 Å². The fourth-order valence-electron chi connectivity index (χ4n) is 3.44. The standard InChI is InChI=1S/C23H32N2O5S/c1-6-21(18-12-13-22(30-4)17(2)15-18)24-23(26)11-8-14-25(31(5,27)28)19-9-7-10-20(16-19)29-3/h7,9-10,12-13,15-16,21H,6,8,11,14H2,1-5H3,(H,24,26). The van der Waals surface area contributed by atoms with Gasteiger partial charge in [-0.2, -0.15) is 0 Å². The van der Waals surface area contributed by atoms with Gasteiger partial charge in [-0.05, 0) is 49.1 Å². The topological polar surface area (TPSA) is 84.9 Å². The van der Waals surface area contributed by atoms with Crippen molar-refractivity contribution in [1.82, 2.24) is 5.32 Å². The average Bonchev–Trinajstić information content (AvgIpc) is 2.74. The van der Waals surface area contributed by atoms with E-state index < -0.39 is 10.0 Å². The molecule has 2 aromatic carbocycles. The monoisotopic (exact) mass is 448 g/mol. The van der Waals surface area contributed by atoms with Crippen LogP contribution in [-0.4, -0.2) is 41.3 Å². The normalized spacial score (nSPS) is 12.2. The van der Waals surface area contributed by atoms with Gasteiger partial charge in [0.1, 0.15) is 11.5 Å². The lowest BCUT2D eigenvalue weighted by molar-refractivity contribution is -0.121. The Labute approximate surface area is 185 Å². The molecule has 0 saturated heterocycles. The molecule has 0 spiro atoms. The molecule has 1 atom stereocenters. The van der Waals surface area contributed by atoms with Crippen LogP contribution in [0.1, 0.15) is 43.4 Å². The summed E-state index contributed by atoms with van der Waals surface area (Å²) in [5.41, 5.74) is 2.54. The van der Waals surface area contributed by atoms with Crippen LogP contribution in [0.4, 0.5) is 5.69 Å². The van der Waals surface area contributed by atoms with Crippen LogP contribution in [0.3, 0.4) is 0 Å². The van der Waals surface area contributed by atoms with Crippen molar-refractivity contribution in [3.8, 4) is 11.5 Å². The van der Waals surface area contributed by atoms with Crippen LogP contribution in [0.15, 0.2) is 42.5 Å². The lowest BCUT2D eigenvalue weighted by Gasteiger charge is -2.23. The quantitative estimate of drug-likeness (QED) is 0.565. The zero-order valence-electron chi connectivity index (χ0n) is 18.8. The van der Waals surface area contributed by atoms with Gasteiger partial charge < -0.3 is 14.8 Å². The Morgan fingerprint density at radius 1 is 1.13 bits per heavy atom. The van der Waals surface area contributed by atoms with E-state index in [1.165, 1.54) is 11.4 Å². The third-order valence-electron chi connectivity index (χ3n) is 5.07. The Morgan fingerprint density at radius 2 is 1.87 bits per heavy atom. The second kappa shape index (κ2) is 11.0. The summed E-state index contributed by atoms with van der Waals surface area (Å²) in [4.78, 5) is 12.5. The van der Waals surface area contributed by atoms with Gasteiger partial charge in [0.15, 0.2) is 0 Å². The number of ether oxygens (including phenoxy) is 2. The second-order valence-corrected chi connectivity index (χ2v) is 9.30. The smallest absolute Gasteiger partial charge is 0.232 e. The lowest BCUT2D eigenvalue weighted by atomic mass is 10.0. The summed E-state index contributed by atoms with van der Waals surface area (Å²) >= 11 is 0. The van der Waals surface area contributed by atoms with Gasteiger partial charge in [0.25, 0.3) is 0 Å². The van der Waals surface area contributed by atoms with E-state index in [1.54, 1.807) is 31.4 Å². The molecule has 8 heteroatoms. The maximum atomic E-state index is 12.5. The van der Waals surface area contributed by atoms with Gasteiger partial charge in [0.2, 0.25) is 15.9 Å². The molecule has 0 aliphatic rings. The number of nitrogens with one attached hydrogen (secondary N) is 1. The molecule has 1 unspecified atom stereocenters. The van der Waals surface area contributed by atoms with Gasteiger partial charge in [0.05, 0.1) is 32.2 Å². The molecule has 0 saturated carbocycles.